The van der Waals surface area contributed by atoms with E-state index in [2.05, 4.69) is 20.3 Å². The van der Waals surface area contributed by atoms with Crippen molar-refractivity contribution in [3.05, 3.63) is 11.1 Å². The lowest BCUT2D eigenvalue weighted by molar-refractivity contribution is -0.145. The molecule has 3 amide bonds. The van der Waals surface area contributed by atoms with Crippen LogP contribution in [0.15, 0.2) is 10.5 Å². The molecule has 18 heteroatoms. The number of anilines is 1. The summed E-state index contributed by atoms with van der Waals surface area (Å²) in [5.41, 5.74) is 4.91. The first-order valence-electron chi connectivity index (χ1n) is 8.65. The number of amides is 3. The standard InChI is InChI=1S/C14H16N6O10S2/c15-13-16-6(5-31-13)9(18-30-4-8(21)22)11(23)17-10-7(3-19-1-2-29-14(19)25)20(12(10)24)32(26,27)28/h5,7,10H,1-4H2,(H2,15,16)(H,17,23)(H,21,22)(H,26,27,28)/t7-,10-/m0/s1. The number of nitrogen functional groups attached to an aromatic ring is 1. The molecular weight excluding hydrogens is 476 g/mol. The Balaban J connectivity index is 1.82. The zero-order valence-corrected chi connectivity index (χ0v) is 17.5. The summed E-state index contributed by atoms with van der Waals surface area (Å²) in [7, 11) is -4.98. The van der Waals surface area contributed by atoms with Crippen molar-refractivity contribution in [1.29, 1.82) is 0 Å². The molecule has 0 saturated carbocycles. The molecule has 5 N–H and O–H groups in total. The molecule has 2 fully saturated rings. The van der Waals surface area contributed by atoms with Crippen LogP contribution < -0.4 is 11.1 Å². The highest BCUT2D eigenvalue weighted by molar-refractivity contribution is 7.84. The van der Waals surface area contributed by atoms with Crippen LogP contribution in [0, 0.1) is 0 Å². The van der Waals surface area contributed by atoms with Crippen molar-refractivity contribution in [3.8, 4) is 0 Å². The number of aromatic nitrogens is 1. The van der Waals surface area contributed by atoms with Crippen LogP contribution in [0.4, 0.5) is 9.93 Å². The van der Waals surface area contributed by atoms with Crippen molar-refractivity contribution in [2.45, 2.75) is 12.1 Å². The number of carboxylic acid groups (broad SMARTS) is 1. The topological polar surface area (TPSA) is 231 Å². The zero-order valence-electron chi connectivity index (χ0n) is 15.9. The lowest BCUT2D eigenvalue weighted by Gasteiger charge is -2.45. The van der Waals surface area contributed by atoms with Crippen LogP contribution in [0.5, 0.6) is 0 Å². The molecule has 174 valence electrons. The summed E-state index contributed by atoms with van der Waals surface area (Å²) < 4.78 is 37.4. The molecule has 0 aliphatic carbocycles. The molecule has 3 rings (SSSR count). The highest BCUT2D eigenvalue weighted by Gasteiger charge is 2.55. The Morgan fingerprint density at radius 3 is 2.69 bits per heavy atom. The second-order valence-corrected chi connectivity index (χ2v) is 8.55. The van der Waals surface area contributed by atoms with Gasteiger partial charge in [0.2, 0.25) is 6.61 Å². The van der Waals surface area contributed by atoms with Gasteiger partial charge in [-0.1, -0.05) is 5.16 Å². The third-order valence-electron chi connectivity index (χ3n) is 4.28. The molecule has 3 heterocycles. The first kappa shape index (κ1) is 23.2. The number of carboxylic acids is 1. The molecule has 2 aliphatic heterocycles. The summed E-state index contributed by atoms with van der Waals surface area (Å²) in [4.78, 5) is 56.9. The lowest BCUT2D eigenvalue weighted by Crippen LogP contribution is -2.74. The van der Waals surface area contributed by atoms with Gasteiger partial charge < -0.3 is 30.6 Å². The summed E-state index contributed by atoms with van der Waals surface area (Å²) in [6, 6.07) is -2.81. The maximum absolute atomic E-state index is 12.7. The highest BCUT2D eigenvalue weighted by atomic mass is 32.2. The maximum Gasteiger partial charge on any atom is 0.410 e. The first-order valence-corrected chi connectivity index (χ1v) is 10.9. The van der Waals surface area contributed by atoms with Gasteiger partial charge in [-0.15, -0.1) is 11.3 Å². The molecule has 0 unspecified atom stereocenters. The van der Waals surface area contributed by atoms with Crippen molar-refractivity contribution >= 4 is 56.4 Å². The number of nitrogens with two attached hydrogens (primary N) is 1. The number of rotatable bonds is 9. The number of hydrogen-bond donors (Lipinski definition) is 4. The Kier molecular flexibility index (Phi) is 6.46. The SMILES string of the molecule is Nc1nc(C(=NOCC(=O)O)C(=O)N[C@@H]2C(=O)N(S(=O)(=O)O)[C@H]2CN2CCOC2=O)cs1. The number of carbonyl (C=O) groups is 4. The van der Waals surface area contributed by atoms with Crippen LogP contribution in [-0.4, -0.2) is 100 Å². The normalized spacial score (nSPS) is 21.2. The summed E-state index contributed by atoms with van der Waals surface area (Å²) in [6.45, 7) is -1.08. The highest BCUT2D eigenvalue weighted by Crippen LogP contribution is 2.26. The smallest absolute Gasteiger partial charge is 0.410 e. The molecule has 2 atom stereocenters. The molecule has 2 saturated heterocycles. The van der Waals surface area contributed by atoms with Crippen LogP contribution in [0.1, 0.15) is 5.69 Å². The van der Waals surface area contributed by atoms with E-state index in [-0.39, 0.29) is 34.8 Å². The number of nitrogens with one attached hydrogen (secondary N) is 1. The molecule has 32 heavy (non-hydrogen) atoms. The fourth-order valence-electron chi connectivity index (χ4n) is 2.92. The third-order valence-corrected chi connectivity index (χ3v) is 5.90. The van der Waals surface area contributed by atoms with E-state index in [1.807, 2.05) is 0 Å². The molecule has 0 aromatic carbocycles. The van der Waals surface area contributed by atoms with E-state index < -0.39 is 58.6 Å². The van der Waals surface area contributed by atoms with Crippen LogP contribution in [0.2, 0.25) is 0 Å². The average Bonchev–Trinajstić information content (AvgIpc) is 3.29. The van der Waals surface area contributed by atoms with Gasteiger partial charge in [-0.25, -0.2) is 18.9 Å². The molecular formula is C14H16N6O10S2. The largest absolute Gasteiger partial charge is 0.479 e. The van der Waals surface area contributed by atoms with E-state index >= 15 is 0 Å². The molecule has 1 aromatic rings. The van der Waals surface area contributed by atoms with Gasteiger partial charge >= 0.3 is 22.4 Å². The Morgan fingerprint density at radius 2 is 2.16 bits per heavy atom. The van der Waals surface area contributed by atoms with Gasteiger partial charge in [0.1, 0.15) is 18.3 Å². The van der Waals surface area contributed by atoms with Gasteiger partial charge in [0.05, 0.1) is 12.6 Å². The van der Waals surface area contributed by atoms with Crippen molar-refractivity contribution in [3.63, 3.8) is 0 Å². The van der Waals surface area contributed by atoms with Gasteiger partial charge in [-0.2, -0.15) is 8.42 Å². The Bertz CT molecular complexity index is 1090. The van der Waals surface area contributed by atoms with Crippen molar-refractivity contribution in [1.82, 2.24) is 19.5 Å². The van der Waals surface area contributed by atoms with Gasteiger partial charge in [-0.05, 0) is 0 Å². The zero-order chi connectivity index (χ0) is 23.6. The minimum Gasteiger partial charge on any atom is -0.479 e. The van der Waals surface area contributed by atoms with E-state index in [1.165, 1.54) is 5.38 Å². The minimum atomic E-state index is -4.98. The third kappa shape index (κ3) is 4.86. The number of β-lactam (4-membered cyclic amide) rings is 1. The van der Waals surface area contributed by atoms with Crippen LogP contribution in [-0.2, 0) is 34.3 Å². The molecule has 0 spiro atoms. The van der Waals surface area contributed by atoms with Crippen molar-refractivity contribution in [2.75, 3.05) is 32.0 Å². The number of nitrogens with zero attached hydrogens (tertiary/aromatic N) is 4. The molecule has 16 nitrogen and oxygen atoms in total. The van der Waals surface area contributed by atoms with E-state index in [0.29, 0.717) is 0 Å². The second-order valence-electron chi connectivity index (χ2n) is 6.37. The van der Waals surface area contributed by atoms with Gasteiger partial charge in [-0.3, -0.25) is 14.1 Å². The summed E-state index contributed by atoms with van der Waals surface area (Å²) in [5.74, 6) is -3.60. The number of hydrogen-bond acceptors (Lipinski definition) is 12. The van der Waals surface area contributed by atoms with Crippen molar-refractivity contribution in [2.24, 2.45) is 5.16 Å². The van der Waals surface area contributed by atoms with Gasteiger partial charge in [0.25, 0.3) is 11.8 Å². The maximum atomic E-state index is 12.7. The van der Waals surface area contributed by atoms with Crippen LogP contribution in [0.3, 0.4) is 0 Å². The minimum absolute atomic E-state index is 0.0470. The average molecular weight is 492 g/mol. The Morgan fingerprint density at radius 1 is 1.44 bits per heavy atom. The summed E-state index contributed by atoms with van der Waals surface area (Å²) in [6.07, 6.45) is -0.757. The predicted octanol–water partition coefficient (Wildman–Crippen LogP) is -2.52. The van der Waals surface area contributed by atoms with E-state index in [1.54, 1.807) is 0 Å². The number of aliphatic carboxylic acids is 1. The van der Waals surface area contributed by atoms with E-state index in [9.17, 15) is 32.1 Å². The summed E-state index contributed by atoms with van der Waals surface area (Å²) in [5, 5.41) is 15.7. The first-order chi connectivity index (χ1) is 15.0. The quantitative estimate of drug-likeness (QED) is 0.121. The number of thiazole rings is 1. The monoisotopic (exact) mass is 492 g/mol. The summed E-state index contributed by atoms with van der Waals surface area (Å²) >= 11 is 0.943. The number of carbonyl (C=O) groups excluding carboxylic acids is 3. The number of oxime groups is 1. The number of ether oxygens (including phenoxy) is 1. The molecule has 0 radical (unpaired) electrons. The Hall–Kier alpha value is -3.51. The van der Waals surface area contributed by atoms with Crippen molar-refractivity contribution < 1.29 is 46.8 Å². The van der Waals surface area contributed by atoms with E-state index in [4.69, 9.17) is 15.6 Å². The van der Waals surface area contributed by atoms with Gasteiger partial charge in [0, 0.05) is 11.9 Å². The molecule has 2 aliphatic rings. The second kappa shape index (κ2) is 8.93. The van der Waals surface area contributed by atoms with Crippen LogP contribution in [0.25, 0.3) is 0 Å². The van der Waals surface area contributed by atoms with E-state index in [0.717, 1.165) is 16.2 Å². The number of cyclic esters (lactones) is 1. The molecule has 0 bridgehead atoms. The van der Waals surface area contributed by atoms with Crippen LogP contribution >= 0.6 is 11.3 Å². The fourth-order valence-corrected chi connectivity index (χ4v) is 4.34. The fraction of sp³-hybridized carbons (Fsp3) is 0.429. The predicted molar refractivity (Wildman–Crippen MR) is 104 cm³/mol. The molecule has 1 aromatic heterocycles. The Labute approximate surface area is 183 Å². The van der Waals surface area contributed by atoms with Gasteiger partial charge in [0.15, 0.2) is 10.8 Å². The lowest BCUT2D eigenvalue weighted by atomic mass is 9.97.